The van der Waals surface area contributed by atoms with Gasteiger partial charge in [0.1, 0.15) is 11.5 Å². The number of hydrogen-bond acceptors (Lipinski definition) is 1. The fraction of sp³-hybridized carbons (Fsp3) is 0.217. The molecule has 0 N–H and O–H groups in total. The van der Waals surface area contributed by atoms with E-state index in [2.05, 4.69) is 82.3 Å². The van der Waals surface area contributed by atoms with Crippen LogP contribution in [0.15, 0.2) is 54.6 Å². The molecule has 2 aliphatic heterocycles. The third-order valence-electron chi connectivity index (χ3n) is 5.97. The van der Waals surface area contributed by atoms with Crippen LogP contribution in [0.1, 0.15) is 36.1 Å². The first-order chi connectivity index (χ1) is 12.0. The minimum Gasteiger partial charge on any atom is -0.458 e. The molecule has 2 heteroatoms. The maximum Gasteiger partial charge on any atom is 0.251 e. The molecule has 3 aromatic carbocycles. The summed E-state index contributed by atoms with van der Waals surface area (Å²) in [6, 6.07) is 19.8. The number of ether oxygens (including phenoxy) is 1. The van der Waals surface area contributed by atoms with Crippen molar-refractivity contribution in [1.82, 2.24) is 0 Å². The van der Waals surface area contributed by atoms with Crippen LogP contribution in [-0.4, -0.2) is 6.71 Å². The zero-order valence-corrected chi connectivity index (χ0v) is 15.2. The van der Waals surface area contributed by atoms with E-state index in [1.807, 2.05) is 0 Å². The Morgan fingerprint density at radius 3 is 2.44 bits per heavy atom. The van der Waals surface area contributed by atoms with Crippen molar-refractivity contribution in [2.24, 2.45) is 0 Å². The predicted molar refractivity (Wildman–Crippen MR) is 106 cm³/mol. The highest BCUT2D eigenvalue weighted by molar-refractivity contribution is 6.98. The van der Waals surface area contributed by atoms with Gasteiger partial charge in [-0.25, -0.2) is 0 Å². The van der Waals surface area contributed by atoms with E-state index in [0.29, 0.717) is 0 Å². The minimum atomic E-state index is -0.0206. The summed E-state index contributed by atoms with van der Waals surface area (Å²) in [4.78, 5) is 0. The Balaban J connectivity index is 1.94. The van der Waals surface area contributed by atoms with Crippen LogP contribution in [0.4, 0.5) is 0 Å². The van der Waals surface area contributed by atoms with Crippen molar-refractivity contribution in [3.8, 4) is 11.5 Å². The third kappa shape index (κ3) is 1.85. The summed E-state index contributed by atoms with van der Waals surface area (Å²) in [5.41, 5.74) is 9.55. The topological polar surface area (TPSA) is 9.23 Å². The Morgan fingerprint density at radius 1 is 0.840 bits per heavy atom. The smallest absolute Gasteiger partial charge is 0.251 e. The lowest BCUT2D eigenvalue weighted by molar-refractivity contribution is 0.484. The fourth-order valence-electron chi connectivity index (χ4n) is 4.95. The Morgan fingerprint density at radius 2 is 1.60 bits per heavy atom. The van der Waals surface area contributed by atoms with Gasteiger partial charge in [0.2, 0.25) is 0 Å². The van der Waals surface area contributed by atoms with E-state index in [-0.39, 0.29) is 12.1 Å². The molecule has 0 amide bonds. The van der Waals surface area contributed by atoms with E-state index >= 15 is 0 Å². The van der Waals surface area contributed by atoms with Crippen molar-refractivity contribution in [3.63, 3.8) is 0 Å². The van der Waals surface area contributed by atoms with Crippen LogP contribution in [0.5, 0.6) is 11.5 Å². The first-order valence-corrected chi connectivity index (χ1v) is 9.00. The van der Waals surface area contributed by atoms with Crippen molar-refractivity contribution < 1.29 is 4.74 Å². The zero-order chi connectivity index (χ0) is 17.3. The monoisotopic (exact) mass is 324 g/mol. The molecule has 0 atom stereocenters. The molecule has 5 rings (SSSR count). The molecule has 0 saturated carbocycles. The normalized spacial score (nSPS) is 15.8. The first-order valence-electron chi connectivity index (χ1n) is 9.00. The first kappa shape index (κ1) is 14.8. The SMILES string of the molecule is Cc1ccc2c(c1)B1c3ccccc3C(C)(C)c3c(C)ccc(c31)O2. The standard InChI is InChI=1S/C23H21BO/c1-14-9-11-19-18(13-14)24-17-8-6-5-7-16(17)23(3,4)21-15(2)10-12-20(25-19)22(21)24/h5-13H,1-4H3. The van der Waals surface area contributed by atoms with Gasteiger partial charge < -0.3 is 4.74 Å². The molecule has 0 unspecified atom stereocenters. The van der Waals surface area contributed by atoms with E-state index in [1.165, 1.54) is 38.6 Å². The summed E-state index contributed by atoms with van der Waals surface area (Å²) in [5, 5.41) is 0. The number of rotatable bonds is 0. The largest absolute Gasteiger partial charge is 0.458 e. The Kier molecular flexibility index (Phi) is 2.84. The quantitative estimate of drug-likeness (QED) is 0.449. The summed E-state index contributed by atoms with van der Waals surface area (Å²) in [6.07, 6.45) is 0. The third-order valence-corrected chi connectivity index (χ3v) is 5.97. The highest BCUT2D eigenvalue weighted by Crippen LogP contribution is 2.39. The van der Waals surface area contributed by atoms with Gasteiger partial charge in [0, 0.05) is 5.41 Å². The molecule has 1 nitrogen and oxygen atoms in total. The molecule has 2 aliphatic rings. The number of fused-ring (bicyclic) bond motifs is 4. The van der Waals surface area contributed by atoms with Gasteiger partial charge in [-0.3, -0.25) is 0 Å². The van der Waals surface area contributed by atoms with Gasteiger partial charge in [0.25, 0.3) is 6.71 Å². The minimum absolute atomic E-state index is 0.0206. The van der Waals surface area contributed by atoms with Gasteiger partial charge in [-0.1, -0.05) is 67.3 Å². The average Bonchev–Trinajstić information content (AvgIpc) is 2.59. The fourth-order valence-corrected chi connectivity index (χ4v) is 4.95. The molecule has 25 heavy (non-hydrogen) atoms. The maximum atomic E-state index is 6.34. The Hall–Kier alpha value is -2.48. The zero-order valence-electron chi connectivity index (χ0n) is 15.2. The second-order valence-electron chi connectivity index (χ2n) is 7.96. The van der Waals surface area contributed by atoms with Crippen molar-refractivity contribution in [2.45, 2.75) is 33.1 Å². The summed E-state index contributed by atoms with van der Waals surface area (Å²) in [7, 11) is 0. The average molecular weight is 324 g/mol. The highest BCUT2D eigenvalue weighted by atomic mass is 16.5. The van der Waals surface area contributed by atoms with Gasteiger partial charge in [0.15, 0.2) is 0 Å². The van der Waals surface area contributed by atoms with Gasteiger partial charge in [-0.2, -0.15) is 0 Å². The lowest BCUT2D eigenvalue weighted by atomic mass is 9.30. The van der Waals surface area contributed by atoms with Crippen LogP contribution in [0.3, 0.4) is 0 Å². The summed E-state index contributed by atoms with van der Waals surface area (Å²) < 4.78 is 6.34. The van der Waals surface area contributed by atoms with E-state index in [9.17, 15) is 0 Å². The molecule has 0 radical (unpaired) electrons. The van der Waals surface area contributed by atoms with Crippen LogP contribution < -0.4 is 21.1 Å². The van der Waals surface area contributed by atoms with E-state index in [0.717, 1.165) is 11.5 Å². The molecular formula is C23H21BO. The molecule has 3 aromatic rings. The van der Waals surface area contributed by atoms with E-state index < -0.39 is 0 Å². The number of benzene rings is 3. The second-order valence-corrected chi connectivity index (χ2v) is 7.96. The summed E-state index contributed by atoms with van der Waals surface area (Å²) >= 11 is 0. The van der Waals surface area contributed by atoms with Crippen LogP contribution in [0, 0.1) is 13.8 Å². The van der Waals surface area contributed by atoms with Crippen LogP contribution in [-0.2, 0) is 5.41 Å². The van der Waals surface area contributed by atoms with Crippen molar-refractivity contribution in [2.75, 3.05) is 0 Å². The number of aryl methyl sites for hydroxylation is 2. The number of hydrogen-bond donors (Lipinski definition) is 0. The predicted octanol–water partition coefficient (Wildman–Crippen LogP) is 3.56. The summed E-state index contributed by atoms with van der Waals surface area (Å²) in [5.74, 6) is 2.01. The van der Waals surface area contributed by atoms with E-state index in [4.69, 9.17) is 4.74 Å². The molecule has 0 aromatic heterocycles. The molecule has 0 aliphatic carbocycles. The van der Waals surface area contributed by atoms with Gasteiger partial charge in [0.05, 0.1) is 0 Å². The Labute approximate surface area is 149 Å². The highest BCUT2D eigenvalue weighted by Gasteiger charge is 2.45. The molecule has 0 fully saturated rings. The lowest BCUT2D eigenvalue weighted by Crippen LogP contribution is -2.62. The van der Waals surface area contributed by atoms with Crippen LogP contribution >= 0.6 is 0 Å². The molecule has 122 valence electrons. The molecule has 0 spiro atoms. The van der Waals surface area contributed by atoms with Gasteiger partial charge >= 0.3 is 0 Å². The second kappa shape index (κ2) is 4.79. The summed E-state index contributed by atoms with van der Waals surface area (Å²) in [6.45, 7) is 9.34. The Bertz CT molecular complexity index is 1030. The molecular weight excluding hydrogens is 303 g/mol. The van der Waals surface area contributed by atoms with Gasteiger partial charge in [-0.05, 0) is 53.6 Å². The van der Waals surface area contributed by atoms with E-state index in [1.54, 1.807) is 0 Å². The van der Waals surface area contributed by atoms with Crippen molar-refractivity contribution in [1.29, 1.82) is 0 Å². The van der Waals surface area contributed by atoms with Crippen molar-refractivity contribution >= 4 is 23.1 Å². The molecule has 2 heterocycles. The van der Waals surface area contributed by atoms with Crippen molar-refractivity contribution in [3.05, 3.63) is 76.9 Å². The maximum absolute atomic E-state index is 6.34. The molecule has 0 bridgehead atoms. The van der Waals surface area contributed by atoms with Crippen LogP contribution in [0.25, 0.3) is 0 Å². The molecule has 0 saturated heterocycles. The van der Waals surface area contributed by atoms with Crippen LogP contribution in [0.2, 0.25) is 0 Å². The van der Waals surface area contributed by atoms with Gasteiger partial charge in [-0.15, -0.1) is 0 Å². The lowest BCUT2D eigenvalue weighted by Gasteiger charge is -2.42.